The zero-order valence-corrected chi connectivity index (χ0v) is 21.6. The average molecular weight is 422 g/mol. The van der Waals surface area contributed by atoms with Gasteiger partial charge in [0.05, 0.1) is 0 Å². The van der Waals surface area contributed by atoms with E-state index in [1.165, 1.54) is 18.4 Å². The number of nitrogens with zero attached hydrogens (tertiary/aromatic N) is 1. The predicted molar refractivity (Wildman–Crippen MR) is 133 cm³/mol. The molecule has 0 fully saturated rings. The van der Waals surface area contributed by atoms with Gasteiger partial charge >= 0.3 is 0 Å². The van der Waals surface area contributed by atoms with Crippen LogP contribution in [0.5, 0.6) is 0 Å². The number of rotatable bonds is 11. The van der Waals surface area contributed by atoms with Crippen molar-refractivity contribution in [2.24, 2.45) is 11.3 Å². The number of carbonyl (C=O) groups excluding carboxylic acids is 1. The van der Waals surface area contributed by atoms with E-state index in [0.717, 1.165) is 43.6 Å². The minimum absolute atomic E-state index is 0.0539. The number of carbonyl (C=O) groups is 1. The molecule has 0 radical (unpaired) electrons. The van der Waals surface area contributed by atoms with Gasteiger partial charge in [-0.05, 0) is 48.3 Å². The van der Waals surface area contributed by atoms with E-state index in [4.69, 9.17) is 5.11 Å². The lowest BCUT2D eigenvalue weighted by molar-refractivity contribution is 0.0790. The van der Waals surface area contributed by atoms with E-state index in [0.29, 0.717) is 12.0 Å². The second-order valence-corrected chi connectivity index (χ2v) is 8.47. The standard InChI is InChI=1S/C19H31NO2.C6H14.C2H6/c1-5-19(3,6-2)15-16-9-11-17(12-10-16)18(22)20(4)13-7-8-14-21;1-4-6(3)5-2;1-2/h9-12,21H,5-8,13-15H2,1-4H3;6H,4-5H2,1-3H3;1-2H3. The Hall–Kier alpha value is -1.35. The Bertz CT molecular complexity index is 516. The molecule has 0 aromatic heterocycles. The molecule has 0 bridgehead atoms. The first-order valence-electron chi connectivity index (χ1n) is 12.2. The summed E-state index contributed by atoms with van der Waals surface area (Å²) in [4.78, 5) is 14.0. The van der Waals surface area contributed by atoms with Crippen molar-refractivity contribution in [3.05, 3.63) is 35.4 Å². The maximum atomic E-state index is 12.3. The molecule has 1 N–H and O–H groups in total. The molecular weight excluding hydrogens is 370 g/mol. The van der Waals surface area contributed by atoms with Crippen LogP contribution < -0.4 is 0 Å². The fourth-order valence-electron chi connectivity index (χ4n) is 2.83. The zero-order chi connectivity index (χ0) is 23.6. The van der Waals surface area contributed by atoms with Crippen molar-refractivity contribution in [1.82, 2.24) is 4.90 Å². The van der Waals surface area contributed by atoms with Crippen LogP contribution in [0.2, 0.25) is 0 Å². The monoisotopic (exact) mass is 421 g/mol. The first-order chi connectivity index (χ1) is 14.3. The lowest BCUT2D eigenvalue weighted by atomic mass is 9.79. The summed E-state index contributed by atoms with van der Waals surface area (Å²) in [5.74, 6) is 0.989. The number of hydrogen-bond donors (Lipinski definition) is 1. The fraction of sp³-hybridized carbons (Fsp3) is 0.741. The highest BCUT2D eigenvalue weighted by Crippen LogP contribution is 2.30. The Kier molecular flexibility index (Phi) is 18.9. The molecule has 3 heteroatoms. The molecule has 1 aromatic rings. The van der Waals surface area contributed by atoms with Crippen LogP contribution in [0.3, 0.4) is 0 Å². The van der Waals surface area contributed by atoms with E-state index in [1.54, 1.807) is 4.90 Å². The largest absolute Gasteiger partial charge is 0.396 e. The molecule has 30 heavy (non-hydrogen) atoms. The maximum absolute atomic E-state index is 12.3. The number of aliphatic hydroxyl groups is 1. The first kappa shape index (κ1) is 30.8. The molecule has 0 saturated heterocycles. The summed E-state index contributed by atoms with van der Waals surface area (Å²) in [5.41, 5.74) is 2.38. The van der Waals surface area contributed by atoms with Gasteiger partial charge in [0.2, 0.25) is 0 Å². The Labute approximate surface area is 188 Å². The third-order valence-corrected chi connectivity index (χ3v) is 6.18. The molecule has 0 aliphatic carbocycles. The Morgan fingerprint density at radius 2 is 1.50 bits per heavy atom. The van der Waals surface area contributed by atoms with Crippen LogP contribution >= 0.6 is 0 Å². The van der Waals surface area contributed by atoms with Gasteiger partial charge in [0.15, 0.2) is 0 Å². The van der Waals surface area contributed by atoms with Gasteiger partial charge in [0.1, 0.15) is 0 Å². The second-order valence-electron chi connectivity index (χ2n) is 8.47. The molecule has 3 nitrogen and oxygen atoms in total. The summed E-state index contributed by atoms with van der Waals surface area (Å²) >= 11 is 0. The molecule has 1 aromatic carbocycles. The smallest absolute Gasteiger partial charge is 0.253 e. The molecule has 0 aliphatic heterocycles. The van der Waals surface area contributed by atoms with Gasteiger partial charge in [-0.15, -0.1) is 0 Å². The summed E-state index contributed by atoms with van der Waals surface area (Å²) < 4.78 is 0. The van der Waals surface area contributed by atoms with Gasteiger partial charge in [-0.2, -0.15) is 0 Å². The summed E-state index contributed by atoms with van der Waals surface area (Å²) in [6.07, 6.45) is 7.62. The van der Waals surface area contributed by atoms with Crippen LogP contribution in [0.25, 0.3) is 0 Å². The average Bonchev–Trinajstić information content (AvgIpc) is 2.80. The van der Waals surface area contributed by atoms with E-state index in [2.05, 4.69) is 53.7 Å². The van der Waals surface area contributed by atoms with Crippen molar-refractivity contribution in [3.8, 4) is 0 Å². The molecule has 0 saturated carbocycles. The molecule has 0 aliphatic rings. The van der Waals surface area contributed by atoms with E-state index in [-0.39, 0.29) is 12.5 Å². The SMILES string of the molecule is CC.CCC(C)(CC)Cc1ccc(C(=O)N(C)CCCCO)cc1.CCC(C)CC. The number of unbranched alkanes of at least 4 members (excludes halogenated alkanes) is 1. The van der Waals surface area contributed by atoms with Gasteiger partial charge in [-0.1, -0.05) is 93.2 Å². The Morgan fingerprint density at radius 3 is 1.87 bits per heavy atom. The quantitative estimate of drug-likeness (QED) is 0.379. The molecule has 0 unspecified atom stereocenters. The van der Waals surface area contributed by atoms with Gasteiger partial charge in [-0.25, -0.2) is 0 Å². The Balaban J connectivity index is 0. The van der Waals surface area contributed by atoms with Crippen molar-refractivity contribution in [2.75, 3.05) is 20.2 Å². The topological polar surface area (TPSA) is 40.5 Å². The Morgan fingerprint density at radius 1 is 1.00 bits per heavy atom. The number of benzene rings is 1. The maximum Gasteiger partial charge on any atom is 0.253 e. The van der Waals surface area contributed by atoms with Crippen molar-refractivity contribution >= 4 is 5.91 Å². The van der Waals surface area contributed by atoms with E-state index >= 15 is 0 Å². The summed E-state index contributed by atoms with van der Waals surface area (Å²) in [6, 6.07) is 8.04. The van der Waals surface area contributed by atoms with Crippen molar-refractivity contribution in [2.45, 2.75) is 100 Å². The molecule has 1 amide bonds. The molecule has 0 heterocycles. The molecule has 0 atom stereocenters. The summed E-state index contributed by atoms with van der Waals surface area (Å²) in [5, 5.41) is 8.80. The minimum atomic E-state index is 0.0539. The van der Waals surface area contributed by atoms with Crippen molar-refractivity contribution in [1.29, 1.82) is 0 Å². The van der Waals surface area contributed by atoms with E-state index in [9.17, 15) is 4.79 Å². The summed E-state index contributed by atoms with van der Waals surface area (Å²) in [6.45, 7) is 18.4. The summed E-state index contributed by atoms with van der Waals surface area (Å²) in [7, 11) is 1.82. The third kappa shape index (κ3) is 13.1. The van der Waals surface area contributed by atoms with Gasteiger partial charge < -0.3 is 10.0 Å². The third-order valence-electron chi connectivity index (χ3n) is 6.18. The van der Waals surface area contributed by atoms with Crippen LogP contribution in [-0.4, -0.2) is 36.1 Å². The lowest BCUT2D eigenvalue weighted by Crippen LogP contribution is -2.27. The van der Waals surface area contributed by atoms with Crippen LogP contribution in [0.15, 0.2) is 24.3 Å². The molecular formula is C27H51NO2. The van der Waals surface area contributed by atoms with Crippen LogP contribution in [0.1, 0.15) is 110 Å². The number of amides is 1. The van der Waals surface area contributed by atoms with Gasteiger partial charge in [0.25, 0.3) is 5.91 Å². The molecule has 176 valence electrons. The first-order valence-corrected chi connectivity index (χ1v) is 12.2. The predicted octanol–water partition coefficient (Wildman–Crippen LogP) is 7.37. The van der Waals surface area contributed by atoms with E-state index in [1.807, 2.05) is 33.0 Å². The van der Waals surface area contributed by atoms with E-state index < -0.39 is 0 Å². The number of aliphatic hydroxyl groups excluding tert-OH is 1. The molecule has 1 rings (SSSR count). The van der Waals surface area contributed by atoms with Crippen LogP contribution in [0.4, 0.5) is 0 Å². The molecule has 0 spiro atoms. The van der Waals surface area contributed by atoms with Crippen molar-refractivity contribution < 1.29 is 9.90 Å². The van der Waals surface area contributed by atoms with Crippen molar-refractivity contribution in [3.63, 3.8) is 0 Å². The lowest BCUT2D eigenvalue weighted by Gasteiger charge is -2.26. The minimum Gasteiger partial charge on any atom is -0.396 e. The number of hydrogen-bond acceptors (Lipinski definition) is 2. The zero-order valence-electron chi connectivity index (χ0n) is 21.6. The van der Waals surface area contributed by atoms with Crippen LogP contribution in [0, 0.1) is 11.3 Å². The normalized spacial score (nSPS) is 10.6. The fourth-order valence-corrected chi connectivity index (χ4v) is 2.83. The highest BCUT2D eigenvalue weighted by molar-refractivity contribution is 5.94. The van der Waals surface area contributed by atoms with Gasteiger partial charge in [0, 0.05) is 25.8 Å². The second kappa shape index (κ2) is 18.4. The van der Waals surface area contributed by atoms with Crippen LogP contribution in [-0.2, 0) is 6.42 Å². The highest BCUT2D eigenvalue weighted by atomic mass is 16.3. The van der Waals surface area contributed by atoms with Gasteiger partial charge in [-0.3, -0.25) is 4.79 Å². The highest BCUT2D eigenvalue weighted by Gasteiger charge is 2.20.